The average Bonchev–Trinajstić information content (AvgIpc) is 3.13. The van der Waals surface area contributed by atoms with Crippen LogP contribution in [-0.4, -0.2) is 33.5 Å². The molecule has 0 saturated heterocycles. The van der Waals surface area contributed by atoms with Gasteiger partial charge < -0.3 is 14.6 Å². The fourth-order valence-corrected chi connectivity index (χ4v) is 3.81. The van der Waals surface area contributed by atoms with Crippen LogP contribution in [0.5, 0.6) is 5.75 Å². The third-order valence-corrected chi connectivity index (χ3v) is 5.95. The Morgan fingerprint density at radius 2 is 1.73 bits per heavy atom. The number of benzene rings is 2. The highest BCUT2D eigenvalue weighted by Gasteiger charge is 2.12. The molecular formula is C23H28N4O2S. The van der Waals surface area contributed by atoms with Crippen LogP contribution in [0.2, 0.25) is 0 Å². The first-order valence-electron chi connectivity index (χ1n) is 10.1. The molecule has 1 aromatic heterocycles. The minimum Gasteiger partial charge on any atom is -0.497 e. The molecule has 0 aliphatic carbocycles. The van der Waals surface area contributed by atoms with Gasteiger partial charge in [-0.2, -0.15) is 0 Å². The fraction of sp³-hybridized carbons (Fsp3) is 0.348. The maximum atomic E-state index is 12.2. The fourth-order valence-electron chi connectivity index (χ4n) is 3.08. The average molecular weight is 425 g/mol. The summed E-state index contributed by atoms with van der Waals surface area (Å²) in [5.74, 6) is 2.05. The van der Waals surface area contributed by atoms with E-state index < -0.39 is 0 Å². The van der Waals surface area contributed by atoms with Crippen molar-refractivity contribution in [2.75, 3.05) is 18.2 Å². The van der Waals surface area contributed by atoms with Gasteiger partial charge in [0.2, 0.25) is 5.91 Å². The first kappa shape index (κ1) is 21.9. The molecule has 0 fully saturated rings. The molecule has 2 aromatic carbocycles. The van der Waals surface area contributed by atoms with Crippen molar-refractivity contribution in [1.29, 1.82) is 0 Å². The highest BCUT2D eigenvalue weighted by atomic mass is 32.2. The van der Waals surface area contributed by atoms with Gasteiger partial charge in [0.15, 0.2) is 5.16 Å². The van der Waals surface area contributed by atoms with Crippen LogP contribution in [-0.2, 0) is 31.1 Å². The molecule has 0 unspecified atom stereocenters. The van der Waals surface area contributed by atoms with Crippen molar-refractivity contribution in [2.45, 2.75) is 37.8 Å². The lowest BCUT2D eigenvalue weighted by atomic mass is 10.1. The molecule has 0 spiro atoms. The van der Waals surface area contributed by atoms with E-state index in [1.54, 1.807) is 7.11 Å². The third kappa shape index (κ3) is 6.10. The number of aryl methyl sites for hydroxylation is 3. The van der Waals surface area contributed by atoms with Gasteiger partial charge in [-0.3, -0.25) is 4.79 Å². The van der Waals surface area contributed by atoms with E-state index in [9.17, 15) is 4.79 Å². The van der Waals surface area contributed by atoms with E-state index in [2.05, 4.69) is 34.6 Å². The molecule has 158 valence electrons. The smallest absolute Gasteiger partial charge is 0.234 e. The van der Waals surface area contributed by atoms with Gasteiger partial charge in [-0.15, -0.1) is 10.2 Å². The third-order valence-electron chi connectivity index (χ3n) is 4.93. The Labute approximate surface area is 182 Å². The van der Waals surface area contributed by atoms with Gasteiger partial charge in [0.25, 0.3) is 0 Å². The van der Waals surface area contributed by atoms with E-state index in [4.69, 9.17) is 4.74 Å². The number of ether oxygens (including phenoxy) is 1. The molecule has 3 aromatic rings. The number of methoxy groups -OCH3 is 1. The molecule has 30 heavy (non-hydrogen) atoms. The quantitative estimate of drug-likeness (QED) is 0.492. The molecule has 1 heterocycles. The zero-order chi connectivity index (χ0) is 21.3. The van der Waals surface area contributed by atoms with Crippen molar-refractivity contribution in [1.82, 2.24) is 14.8 Å². The van der Waals surface area contributed by atoms with Crippen LogP contribution in [0.1, 0.15) is 30.3 Å². The molecule has 0 aliphatic heterocycles. The van der Waals surface area contributed by atoms with E-state index >= 15 is 0 Å². The monoisotopic (exact) mass is 424 g/mol. The molecule has 0 atom stereocenters. The summed E-state index contributed by atoms with van der Waals surface area (Å²) in [6.07, 6.45) is 3.78. The molecule has 3 rings (SSSR count). The SMILES string of the molecule is CCc1ccc(NC(=O)CSc2nnc(CCCc3ccc(OC)cc3)n2C)cc1. The predicted octanol–water partition coefficient (Wildman–Crippen LogP) is 4.29. The van der Waals surface area contributed by atoms with Crippen LogP contribution in [0.3, 0.4) is 0 Å². The van der Waals surface area contributed by atoms with Gasteiger partial charge in [0, 0.05) is 19.2 Å². The normalized spacial score (nSPS) is 10.8. The van der Waals surface area contributed by atoms with Crippen molar-refractivity contribution in [3.63, 3.8) is 0 Å². The topological polar surface area (TPSA) is 69.0 Å². The molecular weight excluding hydrogens is 396 g/mol. The number of aromatic nitrogens is 3. The summed E-state index contributed by atoms with van der Waals surface area (Å²) in [6, 6.07) is 16.1. The molecule has 6 nitrogen and oxygen atoms in total. The predicted molar refractivity (Wildman–Crippen MR) is 121 cm³/mol. The molecule has 0 saturated carbocycles. The lowest BCUT2D eigenvalue weighted by molar-refractivity contribution is -0.113. The van der Waals surface area contributed by atoms with Crippen molar-refractivity contribution in [3.8, 4) is 5.75 Å². The number of nitrogens with one attached hydrogen (secondary N) is 1. The van der Waals surface area contributed by atoms with Gasteiger partial charge in [0.05, 0.1) is 12.9 Å². The highest BCUT2D eigenvalue weighted by Crippen LogP contribution is 2.18. The number of rotatable bonds is 10. The standard InChI is InChI=1S/C23H28N4O2S/c1-4-17-8-12-19(13-9-17)24-22(28)16-30-23-26-25-21(27(23)2)7-5-6-18-10-14-20(29-3)15-11-18/h8-15H,4-7,16H2,1-3H3,(H,24,28). The van der Waals surface area contributed by atoms with E-state index in [0.717, 1.165) is 48.1 Å². The van der Waals surface area contributed by atoms with Crippen LogP contribution in [0.15, 0.2) is 53.7 Å². The van der Waals surface area contributed by atoms with Crippen LogP contribution >= 0.6 is 11.8 Å². The second-order valence-corrected chi connectivity index (χ2v) is 7.99. The maximum absolute atomic E-state index is 12.2. The van der Waals surface area contributed by atoms with E-state index in [-0.39, 0.29) is 5.91 Å². The van der Waals surface area contributed by atoms with Gasteiger partial charge in [0.1, 0.15) is 11.6 Å². The second kappa shape index (κ2) is 10.8. The number of thioether (sulfide) groups is 1. The first-order valence-corrected chi connectivity index (χ1v) is 11.1. The summed E-state index contributed by atoms with van der Waals surface area (Å²) in [7, 11) is 3.62. The van der Waals surface area contributed by atoms with Crippen LogP contribution in [0, 0.1) is 0 Å². The Morgan fingerprint density at radius 1 is 1.03 bits per heavy atom. The summed E-state index contributed by atoms with van der Waals surface area (Å²) >= 11 is 1.40. The number of amides is 1. The minimum atomic E-state index is -0.0479. The van der Waals surface area contributed by atoms with Gasteiger partial charge in [-0.05, 0) is 54.7 Å². The van der Waals surface area contributed by atoms with Crippen molar-refractivity contribution in [3.05, 3.63) is 65.5 Å². The Bertz CT molecular complexity index is 952. The number of carbonyl (C=O) groups excluding carboxylic acids is 1. The summed E-state index contributed by atoms with van der Waals surface area (Å²) in [4.78, 5) is 12.2. The van der Waals surface area contributed by atoms with E-state index in [0.29, 0.717) is 5.75 Å². The van der Waals surface area contributed by atoms with E-state index in [1.807, 2.05) is 48.0 Å². The minimum absolute atomic E-state index is 0.0479. The molecule has 1 amide bonds. The van der Waals surface area contributed by atoms with Crippen LogP contribution < -0.4 is 10.1 Å². The number of anilines is 1. The summed E-state index contributed by atoms with van der Waals surface area (Å²) < 4.78 is 7.17. The number of carbonyl (C=O) groups is 1. The molecule has 0 radical (unpaired) electrons. The van der Waals surface area contributed by atoms with Crippen LogP contribution in [0.4, 0.5) is 5.69 Å². The lowest BCUT2D eigenvalue weighted by Crippen LogP contribution is -2.14. The number of hydrogen-bond donors (Lipinski definition) is 1. The van der Waals surface area contributed by atoms with Crippen molar-refractivity contribution in [2.24, 2.45) is 7.05 Å². The molecule has 0 aliphatic rings. The molecule has 7 heteroatoms. The maximum Gasteiger partial charge on any atom is 0.234 e. The van der Waals surface area contributed by atoms with Gasteiger partial charge in [-0.25, -0.2) is 0 Å². The highest BCUT2D eigenvalue weighted by molar-refractivity contribution is 7.99. The molecule has 1 N–H and O–H groups in total. The van der Waals surface area contributed by atoms with Gasteiger partial charge in [-0.1, -0.05) is 43.0 Å². The van der Waals surface area contributed by atoms with Crippen molar-refractivity contribution >= 4 is 23.4 Å². The lowest BCUT2D eigenvalue weighted by Gasteiger charge is -2.07. The van der Waals surface area contributed by atoms with Crippen molar-refractivity contribution < 1.29 is 9.53 Å². The Hall–Kier alpha value is -2.80. The number of hydrogen-bond acceptors (Lipinski definition) is 5. The van der Waals surface area contributed by atoms with Gasteiger partial charge >= 0.3 is 0 Å². The Kier molecular flexibility index (Phi) is 7.90. The molecule has 0 bridgehead atoms. The second-order valence-electron chi connectivity index (χ2n) is 7.05. The Balaban J connectivity index is 1.45. The zero-order valence-corrected chi connectivity index (χ0v) is 18.5. The largest absolute Gasteiger partial charge is 0.497 e. The Morgan fingerprint density at radius 3 is 2.40 bits per heavy atom. The summed E-state index contributed by atoms with van der Waals surface area (Å²) in [5.41, 5.74) is 3.34. The zero-order valence-electron chi connectivity index (χ0n) is 17.7. The summed E-state index contributed by atoms with van der Waals surface area (Å²) in [6.45, 7) is 2.11. The van der Waals surface area contributed by atoms with Crippen LogP contribution in [0.25, 0.3) is 0 Å². The first-order chi connectivity index (χ1) is 14.6. The number of nitrogens with zero attached hydrogens (tertiary/aromatic N) is 3. The van der Waals surface area contributed by atoms with E-state index in [1.165, 1.54) is 22.9 Å². The summed E-state index contributed by atoms with van der Waals surface area (Å²) in [5, 5.41) is 12.2.